The molecule has 6 aromatic rings. The molecule has 4 nitrogen and oxygen atoms in total. The summed E-state index contributed by atoms with van der Waals surface area (Å²) in [4.78, 5) is 19.6. The fraction of sp³-hybridized carbons (Fsp3) is 0.182. The van der Waals surface area contributed by atoms with Crippen LogP contribution in [0.1, 0.15) is 22.8 Å². The molecular formula is C22H12N4S14. The van der Waals surface area contributed by atoms with Gasteiger partial charge < -0.3 is 0 Å². The Morgan fingerprint density at radius 1 is 0.425 bits per heavy atom. The average molecular weight is 781 g/mol. The monoisotopic (exact) mass is 780 g/mol. The quantitative estimate of drug-likeness (QED) is 0.139. The maximum atomic E-state index is 5.56. The van der Waals surface area contributed by atoms with Gasteiger partial charge in [0.25, 0.3) is 0 Å². The van der Waals surface area contributed by atoms with Gasteiger partial charge >= 0.3 is 0 Å². The van der Waals surface area contributed by atoms with Crippen LogP contribution in [0.15, 0.2) is 38.4 Å². The maximum Gasteiger partial charge on any atom is 0.152 e. The minimum Gasteiger partial charge on any atom is -0.238 e. The van der Waals surface area contributed by atoms with E-state index in [1.807, 2.05) is 47.0 Å². The number of hydrogen-bond donors (Lipinski definition) is 0. The number of thioether (sulfide) groups is 4. The zero-order valence-corrected chi connectivity index (χ0v) is 31.1. The van der Waals surface area contributed by atoms with Crippen LogP contribution in [0.25, 0.3) is 20.0 Å². The molecule has 8 bridgehead atoms. The molecule has 0 fully saturated rings. The standard InChI is InChI=1S/C22H12N4S14/c27-21-37-17-18(38-21)34-7-11-3-31-15(25-11)16-26-12(4-32-16)8-36-20-19(39-22(28)40-20)35-6-10-2-30-14(24-10)13-23-9(1-29-13)5-33-17/h1-4H,5-8H2. The Kier molecular flexibility index (Phi) is 9.64. The van der Waals surface area contributed by atoms with Crippen LogP contribution in [-0.4, -0.2) is 19.9 Å². The third kappa shape index (κ3) is 6.90. The second-order valence-electron chi connectivity index (χ2n) is 7.79. The molecule has 7 heterocycles. The van der Waals surface area contributed by atoms with E-state index in [1.165, 1.54) is 16.8 Å². The third-order valence-corrected chi connectivity index (χ3v) is 20.2. The van der Waals surface area contributed by atoms with Crippen LogP contribution < -0.4 is 0 Å². The molecule has 18 heteroatoms. The van der Waals surface area contributed by atoms with E-state index in [0.29, 0.717) is 0 Å². The Morgan fingerprint density at radius 3 is 0.925 bits per heavy atom. The molecule has 0 radical (unpaired) electrons. The van der Waals surface area contributed by atoms with E-state index in [0.717, 1.165) is 72.1 Å². The molecule has 1 aliphatic heterocycles. The lowest BCUT2D eigenvalue weighted by Crippen LogP contribution is -1.85. The number of hydrogen-bond acceptors (Lipinski definition) is 18. The second kappa shape index (κ2) is 13.2. The van der Waals surface area contributed by atoms with Gasteiger partial charge in [0.15, 0.2) is 20.0 Å². The van der Waals surface area contributed by atoms with Crippen molar-refractivity contribution in [3.8, 4) is 20.0 Å². The van der Waals surface area contributed by atoms with Gasteiger partial charge in [-0.05, 0) is 0 Å². The summed E-state index contributed by atoms with van der Waals surface area (Å²) in [6.45, 7) is 0. The molecule has 40 heavy (non-hydrogen) atoms. The largest absolute Gasteiger partial charge is 0.238 e. The summed E-state index contributed by atoms with van der Waals surface area (Å²) in [7, 11) is 0. The van der Waals surface area contributed by atoms with Crippen LogP contribution in [0.2, 0.25) is 0 Å². The molecule has 0 saturated heterocycles. The number of fused-ring (bicyclic) bond motifs is 12. The van der Waals surface area contributed by atoms with Gasteiger partial charge in [-0.1, -0.05) is 24.4 Å². The van der Waals surface area contributed by atoms with E-state index < -0.39 is 0 Å². The topological polar surface area (TPSA) is 51.6 Å². The van der Waals surface area contributed by atoms with Gasteiger partial charge in [-0.15, -0.1) is 138 Å². The predicted octanol–water partition coefficient (Wildman–Crippen LogP) is 12.0. The van der Waals surface area contributed by atoms with Crippen molar-refractivity contribution in [2.45, 2.75) is 39.8 Å². The Bertz CT molecular complexity index is 1620. The summed E-state index contributed by atoms with van der Waals surface area (Å²) in [5.74, 6) is 3.26. The molecule has 1 aliphatic rings. The van der Waals surface area contributed by atoms with Crippen molar-refractivity contribution in [3.05, 3.63) is 50.6 Å². The normalized spacial score (nSPS) is 14.4. The first-order valence-corrected chi connectivity index (χ1v) is 22.7. The van der Waals surface area contributed by atoms with Crippen molar-refractivity contribution < 1.29 is 0 Å². The third-order valence-electron chi connectivity index (χ3n) is 5.01. The Morgan fingerprint density at radius 2 is 0.675 bits per heavy atom. The molecule has 204 valence electrons. The summed E-state index contributed by atoms with van der Waals surface area (Å²) in [6, 6.07) is 0. The summed E-state index contributed by atoms with van der Waals surface area (Å²) < 4.78 is 7.00. The van der Waals surface area contributed by atoms with Crippen molar-refractivity contribution in [2.24, 2.45) is 0 Å². The van der Waals surface area contributed by atoms with Crippen molar-refractivity contribution in [3.63, 3.8) is 0 Å². The summed E-state index contributed by atoms with van der Waals surface area (Å²) >= 11 is 31.9. The van der Waals surface area contributed by atoms with Crippen LogP contribution in [-0.2, 0) is 23.0 Å². The van der Waals surface area contributed by atoms with Gasteiger partial charge in [0, 0.05) is 44.5 Å². The van der Waals surface area contributed by atoms with Crippen molar-refractivity contribution in [1.82, 2.24) is 19.9 Å². The molecule has 0 aliphatic carbocycles. The number of rotatable bonds is 0. The van der Waals surface area contributed by atoms with Crippen molar-refractivity contribution in [1.29, 1.82) is 0 Å². The summed E-state index contributed by atoms with van der Waals surface area (Å²) in [6.07, 6.45) is 0. The average Bonchev–Trinajstić information content (AvgIpc) is 3.77. The molecule has 0 unspecified atom stereocenters. The lowest BCUT2D eigenvalue weighted by Gasteiger charge is -2.01. The Labute approximate surface area is 288 Å². The van der Waals surface area contributed by atoms with Crippen LogP contribution in [0.4, 0.5) is 0 Å². The van der Waals surface area contributed by atoms with E-state index in [2.05, 4.69) is 21.5 Å². The molecular weight excluding hydrogens is 769 g/mol. The first-order chi connectivity index (χ1) is 19.6. The Hall–Kier alpha value is 0.460. The van der Waals surface area contributed by atoms with Crippen molar-refractivity contribution >= 4 is 162 Å². The summed E-state index contributed by atoms with van der Waals surface area (Å²) in [5, 5.41) is 12.6. The second-order valence-corrected chi connectivity index (χ2v) is 22.6. The van der Waals surface area contributed by atoms with Gasteiger partial charge in [0.2, 0.25) is 0 Å². The predicted molar refractivity (Wildman–Crippen MR) is 191 cm³/mol. The Balaban J connectivity index is 1.18. The van der Waals surface area contributed by atoms with Gasteiger partial charge in [-0.3, -0.25) is 0 Å². The molecule has 7 rings (SSSR count). The molecule has 0 spiro atoms. The van der Waals surface area contributed by atoms with Gasteiger partial charge in [0.1, 0.15) is 6.28 Å². The van der Waals surface area contributed by atoms with Crippen LogP contribution in [0.3, 0.4) is 0 Å². The highest BCUT2D eigenvalue weighted by Crippen LogP contribution is 2.45. The number of thiazole rings is 4. The van der Waals surface area contributed by atoms with Gasteiger partial charge in [-0.2, -0.15) is 0 Å². The lowest BCUT2D eigenvalue weighted by atomic mass is 10.5. The maximum absolute atomic E-state index is 5.56. The van der Waals surface area contributed by atoms with Crippen LogP contribution in [0.5, 0.6) is 0 Å². The lowest BCUT2D eigenvalue weighted by molar-refractivity contribution is 1.19. The number of aromatic nitrogens is 4. The van der Waals surface area contributed by atoms with E-state index >= 15 is 0 Å². The first-order valence-electron chi connectivity index (χ1n) is 11.1. The van der Waals surface area contributed by atoms with E-state index in [9.17, 15) is 0 Å². The highest BCUT2D eigenvalue weighted by Gasteiger charge is 2.17. The zero-order chi connectivity index (χ0) is 27.1. The smallest absolute Gasteiger partial charge is 0.152 e. The highest BCUT2D eigenvalue weighted by atomic mass is 32.2. The van der Waals surface area contributed by atoms with Crippen LogP contribution >= 0.6 is 162 Å². The molecule has 0 amide bonds. The van der Waals surface area contributed by atoms with Crippen LogP contribution in [0, 0.1) is 6.28 Å². The minimum atomic E-state index is 0.816. The fourth-order valence-electron chi connectivity index (χ4n) is 3.31. The molecule has 0 atom stereocenters. The van der Waals surface area contributed by atoms with E-state index in [1.54, 1.807) is 90.7 Å². The molecule has 0 N–H and O–H groups in total. The highest BCUT2D eigenvalue weighted by molar-refractivity contribution is 8.05. The summed E-state index contributed by atoms with van der Waals surface area (Å²) in [5.41, 5.74) is 4.32. The number of nitrogens with zero attached hydrogens (tertiary/aromatic N) is 4. The minimum absolute atomic E-state index is 0.816. The van der Waals surface area contributed by atoms with Crippen molar-refractivity contribution in [2.75, 3.05) is 0 Å². The zero-order valence-electron chi connectivity index (χ0n) is 19.6. The van der Waals surface area contributed by atoms with Gasteiger partial charge in [-0.25, -0.2) is 19.9 Å². The molecule has 0 saturated carbocycles. The molecule has 6 aromatic heterocycles. The van der Waals surface area contributed by atoms with E-state index in [-0.39, 0.29) is 0 Å². The SMILES string of the molecule is S=c1sc2c(s1)SCc1csc(n1)-c1nc(cs1)CSc1sc(=S)sc1SCc1csc(n1)-c1nc(cs1)CS2. The first kappa shape index (κ1) is 29.2. The molecule has 0 aromatic carbocycles. The van der Waals surface area contributed by atoms with Gasteiger partial charge in [0.05, 0.1) is 39.6 Å². The van der Waals surface area contributed by atoms with E-state index in [4.69, 9.17) is 44.4 Å². The fourth-order valence-corrected chi connectivity index (χ4v) is 18.9.